The molecular formula is C10H10FN5O2. The molecule has 0 unspecified atom stereocenters. The molecule has 0 aliphatic heterocycles. The summed E-state index contributed by atoms with van der Waals surface area (Å²) in [6.07, 6.45) is 0. The first kappa shape index (κ1) is 12.0. The summed E-state index contributed by atoms with van der Waals surface area (Å²) in [5.74, 6) is -1.16. The van der Waals surface area contributed by atoms with Gasteiger partial charge in [-0.3, -0.25) is 10.0 Å². The number of carbonyl (C=O) groups is 1. The zero-order valence-corrected chi connectivity index (χ0v) is 9.17. The summed E-state index contributed by atoms with van der Waals surface area (Å²) in [6.45, 7) is 0.248. The van der Waals surface area contributed by atoms with Crippen LogP contribution in [0.15, 0.2) is 24.3 Å². The predicted octanol–water partition coefficient (Wildman–Crippen LogP) is 0.167. The highest BCUT2D eigenvalue weighted by Crippen LogP contribution is 2.11. The molecule has 18 heavy (non-hydrogen) atoms. The van der Waals surface area contributed by atoms with E-state index in [4.69, 9.17) is 10.9 Å². The summed E-state index contributed by atoms with van der Waals surface area (Å²) < 4.78 is 14.0. The van der Waals surface area contributed by atoms with Crippen LogP contribution in [0, 0.1) is 5.82 Å². The smallest absolute Gasteiger partial charge is 0.299 e. The first-order chi connectivity index (χ1) is 8.61. The number of halogens is 1. The van der Waals surface area contributed by atoms with Crippen LogP contribution in [0.1, 0.15) is 16.1 Å². The van der Waals surface area contributed by atoms with Crippen LogP contribution in [-0.4, -0.2) is 26.1 Å². The first-order valence-corrected chi connectivity index (χ1v) is 4.99. The number of nitrogens with zero attached hydrogens (tertiary/aromatic N) is 3. The molecule has 2 aromatic rings. The summed E-state index contributed by atoms with van der Waals surface area (Å²) >= 11 is 0. The molecule has 0 atom stereocenters. The molecule has 0 bridgehead atoms. The third-order valence-corrected chi connectivity index (χ3v) is 2.34. The minimum absolute atomic E-state index is 0.0193. The van der Waals surface area contributed by atoms with Crippen molar-refractivity contribution in [2.75, 3.05) is 5.73 Å². The second kappa shape index (κ2) is 4.80. The predicted molar refractivity (Wildman–Crippen MR) is 59.2 cm³/mol. The molecule has 94 valence electrons. The molecule has 0 fully saturated rings. The second-order valence-electron chi connectivity index (χ2n) is 3.55. The SMILES string of the molecule is Nc1c(C(=O)NO)nnn1Cc1ccc(F)cc1. The minimum Gasteiger partial charge on any atom is -0.382 e. The van der Waals surface area contributed by atoms with Crippen LogP contribution in [0.4, 0.5) is 10.2 Å². The summed E-state index contributed by atoms with van der Waals surface area (Å²) in [5, 5.41) is 15.7. The van der Waals surface area contributed by atoms with E-state index in [0.29, 0.717) is 0 Å². The van der Waals surface area contributed by atoms with E-state index in [1.165, 1.54) is 22.3 Å². The van der Waals surface area contributed by atoms with Crippen molar-refractivity contribution in [1.29, 1.82) is 0 Å². The number of benzene rings is 1. The molecule has 8 heteroatoms. The number of carbonyl (C=O) groups excluding carboxylic acids is 1. The number of hydrogen-bond acceptors (Lipinski definition) is 5. The zero-order chi connectivity index (χ0) is 13.1. The van der Waals surface area contributed by atoms with E-state index in [0.717, 1.165) is 5.56 Å². The average Bonchev–Trinajstić information content (AvgIpc) is 2.73. The quantitative estimate of drug-likeness (QED) is 0.532. The lowest BCUT2D eigenvalue weighted by molar-refractivity contribution is 0.0701. The fraction of sp³-hybridized carbons (Fsp3) is 0.100. The van der Waals surface area contributed by atoms with Crippen molar-refractivity contribution in [3.8, 4) is 0 Å². The van der Waals surface area contributed by atoms with Crippen LogP contribution in [0.2, 0.25) is 0 Å². The lowest BCUT2D eigenvalue weighted by Gasteiger charge is -2.03. The van der Waals surface area contributed by atoms with Gasteiger partial charge in [0.15, 0.2) is 11.5 Å². The Hall–Kier alpha value is -2.48. The van der Waals surface area contributed by atoms with Gasteiger partial charge in [-0.25, -0.2) is 14.6 Å². The Morgan fingerprint density at radius 1 is 1.44 bits per heavy atom. The minimum atomic E-state index is -0.835. The monoisotopic (exact) mass is 251 g/mol. The van der Waals surface area contributed by atoms with Crippen LogP contribution in [-0.2, 0) is 6.54 Å². The van der Waals surface area contributed by atoms with Crippen molar-refractivity contribution >= 4 is 11.7 Å². The van der Waals surface area contributed by atoms with Crippen molar-refractivity contribution in [3.63, 3.8) is 0 Å². The summed E-state index contributed by atoms with van der Waals surface area (Å²) in [6, 6.07) is 5.76. The molecule has 1 aromatic heterocycles. The number of hydroxylamine groups is 1. The van der Waals surface area contributed by atoms with Gasteiger partial charge in [0.05, 0.1) is 6.54 Å². The van der Waals surface area contributed by atoms with Crippen LogP contribution < -0.4 is 11.2 Å². The number of nitrogen functional groups attached to an aromatic ring is 1. The molecular weight excluding hydrogens is 241 g/mol. The van der Waals surface area contributed by atoms with E-state index in [1.807, 2.05) is 0 Å². The molecule has 0 saturated heterocycles. The van der Waals surface area contributed by atoms with Crippen LogP contribution in [0.25, 0.3) is 0 Å². The Balaban J connectivity index is 2.22. The second-order valence-corrected chi connectivity index (χ2v) is 3.55. The Kier molecular flexibility index (Phi) is 3.20. The Morgan fingerprint density at radius 3 is 2.72 bits per heavy atom. The molecule has 1 heterocycles. The van der Waals surface area contributed by atoms with E-state index < -0.39 is 5.91 Å². The van der Waals surface area contributed by atoms with Gasteiger partial charge in [0.2, 0.25) is 0 Å². The summed E-state index contributed by atoms with van der Waals surface area (Å²) in [7, 11) is 0. The molecule has 2 rings (SSSR count). The largest absolute Gasteiger partial charge is 0.382 e. The van der Waals surface area contributed by atoms with Gasteiger partial charge >= 0.3 is 0 Å². The van der Waals surface area contributed by atoms with Gasteiger partial charge in [-0.05, 0) is 17.7 Å². The summed E-state index contributed by atoms with van der Waals surface area (Å²) in [5.41, 5.74) is 7.66. The third-order valence-electron chi connectivity index (χ3n) is 2.34. The van der Waals surface area contributed by atoms with Crippen molar-refractivity contribution in [2.24, 2.45) is 0 Å². The van der Waals surface area contributed by atoms with Gasteiger partial charge in [-0.1, -0.05) is 17.3 Å². The number of rotatable bonds is 3. The maximum atomic E-state index is 12.7. The number of aromatic nitrogens is 3. The number of amides is 1. The Bertz CT molecular complexity index is 566. The average molecular weight is 251 g/mol. The maximum Gasteiger partial charge on any atom is 0.299 e. The molecule has 1 aromatic carbocycles. The standard InChI is InChI=1S/C10H10FN5O2/c11-7-3-1-6(2-4-7)5-16-9(12)8(13-15-16)10(17)14-18/h1-4,18H,5,12H2,(H,14,17). The van der Waals surface area contributed by atoms with E-state index in [2.05, 4.69) is 10.3 Å². The van der Waals surface area contributed by atoms with E-state index >= 15 is 0 Å². The highest BCUT2D eigenvalue weighted by molar-refractivity contribution is 5.95. The van der Waals surface area contributed by atoms with Crippen LogP contribution in [0.3, 0.4) is 0 Å². The van der Waals surface area contributed by atoms with E-state index in [9.17, 15) is 9.18 Å². The van der Waals surface area contributed by atoms with Gasteiger partial charge in [-0.2, -0.15) is 0 Å². The van der Waals surface area contributed by atoms with Crippen LogP contribution in [0.5, 0.6) is 0 Å². The lowest BCUT2D eigenvalue weighted by atomic mass is 10.2. The molecule has 0 spiro atoms. The number of anilines is 1. The molecule has 0 aliphatic rings. The lowest BCUT2D eigenvalue weighted by Crippen LogP contribution is -2.20. The van der Waals surface area contributed by atoms with E-state index in [-0.39, 0.29) is 23.9 Å². The van der Waals surface area contributed by atoms with Gasteiger partial charge in [0, 0.05) is 0 Å². The maximum absolute atomic E-state index is 12.7. The van der Waals surface area contributed by atoms with Gasteiger partial charge < -0.3 is 5.73 Å². The van der Waals surface area contributed by atoms with Gasteiger partial charge in [0.1, 0.15) is 5.82 Å². The van der Waals surface area contributed by atoms with Crippen molar-refractivity contribution < 1.29 is 14.4 Å². The third kappa shape index (κ3) is 2.28. The van der Waals surface area contributed by atoms with Gasteiger partial charge in [-0.15, -0.1) is 5.10 Å². The number of hydrogen-bond donors (Lipinski definition) is 3. The molecule has 0 aliphatic carbocycles. The molecule has 4 N–H and O–H groups in total. The number of nitrogens with one attached hydrogen (secondary N) is 1. The van der Waals surface area contributed by atoms with Gasteiger partial charge in [0.25, 0.3) is 5.91 Å². The highest BCUT2D eigenvalue weighted by atomic mass is 19.1. The normalized spacial score (nSPS) is 10.3. The summed E-state index contributed by atoms with van der Waals surface area (Å²) in [4.78, 5) is 11.1. The molecule has 7 nitrogen and oxygen atoms in total. The Morgan fingerprint density at radius 2 is 2.11 bits per heavy atom. The molecule has 0 radical (unpaired) electrons. The highest BCUT2D eigenvalue weighted by Gasteiger charge is 2.16. The fourth-order valence-corrected chi connectivity index (χ4v) is 1.41. The first-order valence-electron chi connectivity index (χ1n) is 4.99. The Labute approximate surface area is 101 Å². The van der Waals surface area contributed by atoms with E-state index in [1.54, 1.807) is 12.1 Å². The van der Waals surface area contributed by atoms with Crippen LogP contribution >= 0.6 is 0 Å². The molecule has 1 amide bonds. The van der Waals surface area contributed by atoms with Crippen molar-refractivity contribution in [1.82, 2.24) is 20.5 Å². The zero-order valence-electron chi connectivity index (χ0n) is 9.17. The van der Waals surface area contributed by atoms with Crippen molar-refractivity contribution in [3.05, 3.63) is 41.3 Å². The molecule has 0 saturated carbocycles. The van der Waals surface area contributed by atoms with Crippen molar-refractivity contribution in [2.45, 2.75) is 6.54 Å². The topological polar surface area (TPSA) is 106 Å². The number of nitrogens with two attached hydrogens (primary N) is 1. The fourth-order valence-electron chi connectivity index (χ4n) is 1.41.